The van der Waals surface area contributed by atoms with Crippen LogP contribution in [0.2, 0.25) is 0 Å². The molecule has 0 bridgehead atoms. The van der Waals surface area contributed by atoms with E-state index in [1.54, 1.807) is 70.3 Å². The Bertz CT molecular complexity index is 1660. The van der Waals surface area contributed by atoms with Gasteiger partial charge in [0.05, 0.1) is 32.3 Å². The maximum absolute atomic E-state index is 11.4. The van der Waals surface area contributed by atoms with Crippen LogP contribution in [0.5, 0.6) is 0 Å². The molecule has 0 saturated heterocycles. The van der Waals surface area contributed by atoms with Crippen molar-refractivity contribution < 1.29 is 9.85 Å². The Labute approximate surface area is 201 Å². The predicted octanol–water partition coefficient (Wildman–Crippen LogP) is 4.64. The second-order valence-corrected chi connectivity index (χ2v) is 7.83. The Balaban J connectivity index is 1.72. The summed E-state index contributed by atoms with van der Waals surface area (Å²) in [5.41, 5.74) is 2.40. The van der Waals surface area contributed by atoms with Crippen LogP contribution in [0.15, 0.2) is 85.5 Å². The summed E-state index contributed by atoms with van der Waals surface area (Å²) in [6, 6.07) is 16.1. The van der Waals surface area contributed by atoms with E-state index in [2.05, 4.69) is 19.9 Å². The number of rotatable bonds is 5. The highest BCUT2D eigenvalue weighted by atomic mass is 16.6. The Morgan fingerprint density at radius 3 is 1.33 bits per heavy atom. The molecule has 0 unspecified atom stereocenters. The molecular formula is C24H14N8O4. The van der Waals surface area contributed by atoms with Gasteiger partial charge < -0.3 is 0 Å². The van der Waals surface area contributed by atoms with Gasteiger partial charge in [0.1, 0.15) is 0 Å². The summed E-state index contributed by atoms with van der Waals surface area (Å²) in [7, 11) is 0. The molecule has 0 atom stereocenters. The van der Waals surface area contributed by atoms with Crippen LogP contribution in [0.4, 0.5) is 11.4 Å². The van der Waals surface area contributed by atoms with E-state index in [1.807, 2.05) is 0 Å². The molecule has 4 aromatic heterocycles. The molecule has 0 N–H and O–H groups in total. The van der Waals surface area contributed by atoms with E-state index in [4.69, 9.17) is 0 Å². The second-order valence-electron chi connectivity index (χ2n) is 7.83. The van der Waals surface area contributed by atoms with Gasteiger partial charge in [-0.1, -0.05) is 0 Å². The van der Waals surface area contributed by atoms with Gasteiger partial charge in [0, 0.05) is 59.8 Å². The zero-order valence-corrected chi connectivity index (χ0v) is 18.3. The number of hydrogen-bond acceptors (Lipinski definition) is 8. The fraction of sp³-hybridized carbons (Fsp3) is 0. The standard InChI is InChI=1S/C24H14N8O4/c33-31(34)17-3-5-19-15(11-17)13-21(29(19)23-25-7-1-8-26-23)22-14-16-12-18(32(35)36)4-6-20(16)30(22)24-27-9-2-10-28-24/h1-14H. The first kappa shape index (κ1) is 21.0. The molecule has 0 saturated carbocycles. The van der Waals surface area contributed by atoms with Crippen LogP contribution >= 0.6 is 0 Å². The normalized spacial score (nSPS) is 11.2. The molecule has 6 rings (SSSR count). The highest BCUT2D eigenvalue weighted by Gasteiger charge is 2.23. The van der Waals surface area contributed by atoms with Crippen molar-refractivity contribution in [1.82, 2.24) is 29.1 Å². The van der Waals surface area contributed by atoms with E-state index in [0.717, 1.165) is 0 Å². The third kappa shape index (κ3) is 3.32. The summed E-state index contributed by atoms with van der Waals surface area (Å²) in [6.07, 6.45) is 6.40. The summed E-state index contributed by atoms with van der Waals surface area (Å²) in [4.78, 5) is 39.5. The molecule has 0 radical (unpaired) electrons. The summed E-state index contributed by atoms with van der Waals surface area (Å²) < 4.78 is 3.56. The second kappa shape index (κ2) is 8.06. The average molecular weight is 478 g/mol. The number of nitrogens with zero attached hydrogens (tertiary/aromatic N) is 8. The molecule has 0 amide bonds. The minimum atomic E-state index is -0.455. The summed E-state index contributed by atoms with van der Waals surface area (Å²) in [5.74, 6) is 0.709. The van der Waals surface area contributed by atoms with Gasteiger partial charge in [-0.05, 0) is 36.4 Å². The summed E-state index contributed by atoms with van der Waals surface area (Å²) in [5, 5.41) is 24.0. The van der Waals surface area contributed by atoms with Crippen molar-refractivity contribution in [3.8, 4) is 23.3 Å². The van der Waals surface area contributed by atoms with Crippen molar-refractivity contribution in [1.29, 1.82) is 0 Å². The van der Waals surface area contributed by atoms with Gasteiger partial charge in [0.25, 0.3) is 11.4 Å². The number of aromatic nitrogens is 6. The summed E-state index contributed by atoms with van der Waals surface area (Å²) >= 11 is 0. The molecule has 12 nitrogen and oxygen atoms in total. The lowest BCUT2D eigenvalue weighted by molar-refractivity contribution is -0.384. The third-order valence-electron chi connectivity index (χ3n) is 5.76. The van der Waals surface area contributed by atoms with Crippen LogP contribution in [0.1, 0.15) is 0 Å². The van der Waals surface area contributed by atoms with Gasteiger partial charge in [-0.2, -0.15) is 0 Å². The fourth-order valence-corrected chi connectivity index (χ4v) is 4.25. The van der Waals surface area contributed by atoms with Crippen LogP contribution in [0, 0.1) is 20.2 Å². The van der Waals surface area contributed by atoms with Gasteiger partial charge in [-0.3, -0.25) is 29.4 Å². The zero-order valence-electron chi connectivity index (χ0n) is 18.3. The molecule has 12 heteroatoms. The van der Waals surface area contributed by atoms with Crippen LogP contribution in [0.25, 0.3) is 45.1 Å². The first-order valence-electron chi connectivity index (χ1n) is 10.7. The quantitative estimate of drug-likeness (QED) is 0.257. The zero-order chi connectivity index (χ0) is 24.8. The Morgan fingerprint density at radius 1 is 0.583 bits per heavy atom. The first-order chi connectivity index (χ1) is 17.5. The van der Waals surface area contributed by atoms with Crippen LogP contribution < -0.4 is 0 Å². The van der Waals surface area contributed by atoms with E-state index in [-0.39, 0.29) is 11.4 Å². The molecule has 0 fully saturated rings. The van der Waals surface area contributed by atoms with Crippen LogP contribution in [-0.4, -0.2) is 38.9 Å². The maximum atomic E-state index is 11.4. The minimum Gasteiger partial charge on any atom is -0.276 e. The molecule has 4 heterocycles. The molecule has 174 valence electrons. The van der Waals surface area contributed by atoms with E-state index in [1.165, 1.54) is 24.3 Å². The predicted molar refractivity (Wildman–Crippen MR) is 130 cm³/mol. The number of nitro groups is 2. The molecular weight excluding hydrogens is 464 g/mol. The highest BCUT2D eigenvalue weighted by molar-refractivity contribution is 5.94. The molecule has 2 aromatic carbocycles. The van der Waals surface area contributed by atoms with Crippen molar-refractivity contribution in [3.05, 3.63) is 106 Å². The van der Waals surface area contributed by atoms with E-state index >= 15 is 0 Å². The monoisotopic (exact) mass is 478 g/mol. The number of nitro benzene ring substituents is 2. The topological polar surface area (TPSA) is 148 Å². The van der Waals surface area contributed by atoms with Crippen molar-refractivity contribution >= 4 is 33.2 Å². The number of non-ortho nitro benzene ring substituents is 2. The van der Waals surface area contributed by atoms with Crippen LogP contribution in [0.3, 0.4) is 0 Å². The Hall–Kier alpha value is -5.52. The minimum absolute atomic E-state index is 0.0530. The van der Waals surface area contributed by atoms with E-state index in [9.17, 15) is 20.2 Å². The first-order valence-corrected chi connectivity index (χ1v) is 10.7. The van der Waals surface area contributed by atoms with Crippen molar-refractivity contribution in [2.24, 2.45) is 0 Å². The van der Waals surface area contributed by atoms with Crippen molar-refractivity contribution in [2.75, 3.05) is 0 Å². The Kier molecular flexibility index (Phi) is 4.71. The van der Waals surface area contributed by atoms with Gasteiger partial charge >= 0.3 is 0 Å². The SMILES string of the molecule is O=[N+]([O-])c1ccc2c(c1)cc(-c1cc3cc([N+](=O)[O-])ccc3n1-c1ncccn1)n2-c1ncccn1. The Morgan fingerprint density at radius 2 is 0.972 bits per heavy atom. The van der Waals surface area contributed by atoms with Gasteiger partial charge in [-0.15, -0.1) is 0 Å². The molecule has 0 aliphatic rings. The molecule has 0 aliphatic carbocycles. The summed E-state index contributed by atoms with van der Waals surface area (Å²) in [6.45, 7) is 0. The van der Waals surface area contributed by atoms with Gasteiger partial charge in [0.15, 0.2) is 0 Å². The number of hydrogen-bond donors (Lipinski definition) is 0. The third-order valence-corrected chi connectivity index (χ3v) is 5.76. The van der Waals surface area contributed by atoms with Gasteiger partial charge in [0.2, 0.25) is 11.9 Å². The maximum Gasteiger partial charge on any atom is 0.270 e. The largest absolute Gasteiger partial charge is 0.276 e. The molecule has 0 aliphatic heterocycles. The van der Waals surface area contributed by atoms with E-state index in [0.29, 0.717) is 45.1 Å². The lowest BCUT2D eigenvalue weighted by atomic mass is 10.2. The molecule has 0 spiro atoms. The molecule has 6 aromatic rings. The van der Waals surface area contributed by atoms with Crippen LogP contribution in [-0.2, 0) is 0 Å². The lowest BCUT2D eigenvalue weighted by Crippen LogP contribution is -2.06. The van der Waals surface area contributed by atoms with E-state index < -0.39 is 9.85 Å². The number of fused-ring (bicyclic) bond motifs is 2. The smallest absolute Gasteiger partial charge is 0.270 e. The fourth-order valence-electron chi connectivity index (χ4n) is 4.25. The highest BCUT2D eigenvalue weighted by Crippen LogP contribution is 2.37. The molecule has 36 heavy (non-hydrogen) atoms. The van der Waals surface area contributed by atoms with Crippen molar-refractivity contribution in [3.63, 3.8) is 0 Å². The average Bonchev–Trinajstić information content (AvgIpc) is 3.47. The lowest BCUT2D eigenvalue weighted by Gasteiger charge is -2.12. The number of benzene rings is 2. The van der Waals surface area contributed by atoms with Gasteiger partial charge in [-0.25, -0.2) is 19.9 Å². The van der Waals surface area contributed by atoms with Crippen molar-refractivity contribution in [2.45, 2.75) is 0 Å².